The topological polar surface area (TPSA) is 19.9 Å². The van der Waals surface area contributed by atoms with Gasteiger partial charge in [0.2, 0.25) is 0 Å². The predicted octanol–water partition coefficient (Wildman–Crippen LogP) is 10.1. The largest absolute Gasteiger partial charge is 0.102 e. The SMILES string of the molecule is [Br][OsH].[C-]#[O+].c1ccc([PH+](c2ccccc2)c2ccccc2)cc1.c1ccc([PH+](c2ccccc2)c2ccccc2)cc1.c1ccc([PH+](c2ccccc2)c2ccccc2)cc1. The summed E-state index contributed by atoms with van der Waals surface area (Å²) in [5.41, 5.74) is 0. The maximum Gasteiger partial charge on any atom is 0.102 e. The van der Waals surface area contributed by atoms with E-state index in [9.17, 15) is 0 Å². The van der Waals surface area contributed by atoms with Crippen LogP contribution in [0, 0.1) is 6.65 Å². The quantitative estimate of drug-likeness (QED) is 0.0780. The Morgan fingerprint density at radius 2 is 0.295 bits per heavy atom. The Bertz CT molecular complexity index is 1920. The van der Waals surface area contributed by atoms with Gasteiger partial charge in [0.15, 0.2) is 0 Å². The van der Waals surface area contributed by atoms with Crippen molar-refractivity contribution in [3.05, 3.63) is 280 Å². The molecular formula is C55H49BrOOsP3+3. The Kier molecular flexibility index (Phi) is 21.6. The molecule has 302 valence electrons. The molecule has 0 radical (unpaired) electrons. The van der Waals surface area contributed by atoms with E-state index in [1.54, 1.807) is 0 Å². The third kappa shape index (κ3) is 14.6. The van der Waals surface area contributed by atoms with Crippen LogP contribution in [0.25, 0.3) is 0 Å². The zero-order chi connectivity index (χ0) is 42.7. The molecule has 0 fully saturated rings. The first-order valence-corrected chi connectivity index (χ1v) is 30.2. The van der Waals surface area contributed by atoms with Crippen molar-refractivity contribution in [2.75, 3.05) is 0 Å². The van der Waals surface area contributed by atoms with Gasteiger partial charge in [0.25, 0.3) is 0 Å². The van der Waals surface area contributed by atoms with Gasteiger partial charge in [-0.25, -0.2) is 0 Å². The van der Waals surface area contributed by atoms with Crippen LogP contribution in [0.1, 0.15) is 0 Å². The molecule has 0 unspecified atom stereocenters. The molecule has 0 atom stereocenters. The van der Waals surface area contributed by atoms with E-state index in [4.69, 9.17) is 4.65 Å². The first-order valence-electron chi connectivity index (χ1n) is 19.8. The molecule has 0 heterocycles. The minimum absolute atomic E-state index is 0.877. The van der Waals surface area contributed by atoms with Gasteiger partial charge in [-0.3, -0.25) is 0 Å². The number of rotatable bonds is 9. The molecule has 0 amide bonds. The van der Waals surface area contributed by atoms with Crippen molar-refractivity contribution >= 4 is 85.1 Å². The Morgan fingerprint density at radius 1 is 0.213 bits per heavy atom. The van der Waals surface area contributed by atoms with Gasteiger partial charge in [-0.15, -0.1) is 0 Å². The summed E-state index contributed by atoms with van der Waals surface area (Å²) in [7, 11) is -2.63. The molecule has 9 rings (SSSR count). The van der Waals surface area contributed by atoms with Gasteiger partial charge >= 0.3 is 41.5 Å². The molecule has 9 aromatic carbocycles. The van der Waals surface area contributed by atoms with Gasteiger partial charge in [-0.2, -0.15) is 0 Å². The zero-order valence-electron chi connectivity index (χ0n) is 33.6. The summed E-state index contributed by atoms with van der Waals surface area (Å²) >= 11 is 4.53. The van der Waals surface area contributed by atoms with Crippen LogP contribution >= 0.6 is 37.3 Å². The van der Waals surface area contributed by atoms with Crippen LogP contribution in [-0.4, -0.2) is 0 Å². The number of hydrogen-bond acceptors (Lipinski definition) is 0. The third-order valence-corrected chi connectivity index (χ3v) is 17.8. The van der Waals surface area contributed by atoms with Gasteiger partial charge < -0.3 is 0 Å². The molecule has 6 heteroatoms. The van der Waals surface area contributed by atoms with Crippen molar-refractivity contribution in [2.24, 2.45) is 0 Å². The van der Waals surface area contributed by atoms with E-state index in [-0.39, 0.29) is 0 Å². The first kappa shape index (κ1) is 47.2. The fourth-order valence-electron chi connectivity index (χ4n) is 6.94. The van der Waals surface area contributed by atoms with Crippen LogP contribution < -0.4 is 47.7 Å². The molecule has 0 aromatic heterocycles. The summed E-state index contributed by atoms with van der Waals surface area (Å²) in [5, 5.41) is 12.9. The fourth-order valence-corrected chi connectivity index (χ4v) is 14.7. The standard InChI is InChI=1S/3C18H15P.CO.BrH.Os.H/c3*1-4-10-16(11-5-1)19(17-12-6-2-7-13-17)18-14-8-3-9-15-18;1-2;;;/h3*1-15H;;1H;;/q;;;;;+1;/p+2. The van der Waals surface area contributed by atoms with Crippen LogP contribution in [0.5, 0.6) is 0 Å². The van der Waals surface area contributed by atoms with Gasteiger partial charge in [0, 0.05) is 0 Å². The molecule has 61 heavy (non-hydrogen) atoms. The van der Waals surface area contributed by atoms with E-state index in [0.29, 0.717) is 0 Å². The van der Waals surface area contributed by atoms with Crippen LogP contribution in [0.3, 0.4) is 0 Å². The normalized spacial score (nSPS) is 10.0. The maximum atomic E-state index is 7.50. The van der Waals surface area contributed by atoms with Crippen LogP contribution in [0.2, 0.25) is 0 Å². The third-order valence-electron chi connectivity index (χ3n) is 9.56. The van der Waals surface area contributed by atoms with Gasteiger partial charge in [-0.05, 0) is 109 Å². The summed E-state index contributed by atoms with van der Waals surface area (Å²) in [6.45, 7) is 4.50. The number of halogens is 1. The van der Waals surface area contributed by atoms with E-state index in [1.807, 2.05) is 0 Å². The number of hydrogen-bond donors (Lipinski definition) is 0. The van der Waals surface area contributed by atoms with Crippen molar-refractivity contribution < 1.29 is 21.3 Å². The van der Waals surface area contributed by atoms with Gasteiger partial charge in [0.1, 0.15) is 47.7 Å². The van der Waals surface area contributed by atoms with Crippen molar-refractivity contribution in [2.45, 2.75) is 0 Å². The van der Waals surface area contributed by atoms with Crippen LogP contribution in [-0.2, 0) is 21.3 Å². The summed E-state index contributed by atoms with van der Waals surface area (Å²) < 4.78 is 7.50. The van der Waals surface area contributed by atoms with Gasteiger partial charge in [0.05, 0.1) is 23.8 Å². The fraction of sp³-hybridized carbons (Fsp3) is 0. The molecule has 0 aliphatic heterocycles. The van der Waals surface area contributed by atoms with Crippen molar-refractivity contribution in [1.82, 2.24) is 0 Å². The molecule has 0 spiro atoms. The molecular weight excluding hydrogens is 1040 g/mol. The molecule has 0 N–H and O–H groups in total. The minimum atomic E-state index is -0.877. The molecule has 9 aromatic rings. The Labute approximate surface area is 383 Å². The Morgan fingerprint density at radius 3 is 0.377 bits per heavy atom. The molecule has 0 bridgehead atoms. The summed E-state index contributed by atoms with van der Waals surface area (Å²) in [4.78, 5) is 0. The van der Waals surface area contributed by atoms with Crippen molar-refractivity contribution in [3.63, 3.8) is 0 Å². The monoisotopic (exact) mass is 1090 g/mol. The van der Waals surface area contributed by atoms with Crippen LogP contribution in [0.15, 0.2) is 273 Å². The summed E-state index contributed by atoms with van der Waals surface area (Å²) in [6, 6.07) is 97.5. The average molecular weight is 1090 g/mol. The van der Waals surface area contributed by atoms with Gasteiger partial charge in [-0.1, -0.05) is 164 Å². The average Bonchev–Trinajstić information content (AvgIpc) is 3.37. The number of benzene rings is 9. The maximum absolute atomic E-state index is 7.50. The molecule has 0 saturated carbocycles. The van der Waals surface area contributed by atoms with Crippen molar-refractivity contribution in [1.29, 1.82) is 0 Å². The molecule has 0 aliphatic rings. The summed E-state index contributed by atoms with van der Waals surface area (Å²) in [5.74, 6) is 0. The minimum Gasteiger partial charge on any atom is -0.0620 e. The predicted molar refractivity (Wildman–Crippen MR) is 274 cm³/mol. The molecule has 0 aliphatic carbocycles. The smallest absolute Gasteiger partial charge is 0.0620 e. The molecule has 0 saturated heterocycles. The van der Waals surface area contributed by atoms with E-state index in [2.05, 4.69) is 293 Å². The molecule has 1 nitrogen and oxygen atoms in total. The van der Waals surface area contributed by atoms with Crippen LogP contribution in [0.4, 0.5) is 0 Å². The Balaban J connectivity index is 0.000000166. The first-order chi connectivity index (χ1) is 30.3. The van der Waals surface area contributed by atoms with E-state index >= 15 is 0 Å². The van der Waals surface area contributed by atoms with E-state index in [1.165, 1.54) is 64.4 Å². The van der Waals surface area contributed by atoms with E-state index < -0.39 is 23.8 Å². The van der Waals surface area contributed by atoms with Crippen molar-refractivity contribution in [3.8, 4) is 0 Å². The van der Waals surface area contributed by atoms with E-state index in [0.717, 1.165) is 0 Å². The second-order valence-corrected chi connectivity index (χ2v) is 20.9. The second-order valence-electron chi connectivity index (χ2n) is 13.4. The Hall–Kier alpha value is -4.87. The summed E-state index contributed by atoms with van der Waals surface area (Å²) in [6.07, 6.45) is 0. The second kappa shape index (κ2) is 27.9. The zero-order valence-corrected chi connectivity index (χ0v) is 40.9.